The topological polar surface area (TPSA) is 90.7 Å². The molecule has 152 valence electrons. The average molecular weight is 404 g/mol. The van der Waals surface area contributed by atoms with E-state index < -0.39 is 4.92 Å². The number of nitrogens with one attached hydrogen (secondary N) is 1. The second-order valence-electron chi connectivity index (χ2n) is 6.88. The quantitative estimate of drug-likeness (QED) is 0.497. The van der Waals surface area contributed by atoms with Crippen LogP contribution in [0.2, 0.25) is 0 Å². The molecule has 1 aliphatic heterocycles. The summed E-state index contributed by atoms with van der Waals surface area (Å²) in [5, 5.41) is 13.7. The van der Waals surface area contributed by atoms with Crippen molar-refractivity contribution in [3.63, 3.8) is 0 Å². The maximum atomic E-state index is 12.6. The number of hydrogen-bond acceptors (Lipinski definition) is 5. The zero-order valence-electron chi connectivity index (χ0n) is 16.1. The van der Waals surface area contributed by atoms with Gasteiger partial charge in [0, 0.05) is 30.2 Å². The molecule has 0 bridgehead atoms. The third-order valence-corrected chi connectivity index (χ3v) is 4.98. The summed E-state index contributed by atoms with van der Waals surface area (Å²) in [4.78, 5) is 22.9. The molecule has 0 saturated heterocycles. The molecule has 7 heteroatoms. The van der Waals surface area contributed by atoms with E-state index in [1.165, 1.54) is 24.3 Å². The molecule has 3 aromatic carbocycles. The fourth-order valence-electron chi connectivity index (χ4n) is 3.42. The maximum absolute atomic E-state index is 12.6. The largest absolute Gasteiger partial charge is 0.486 e. The van der Waals surface area contributed by atoms with Gasteiger partial charge in [0.25, 0.3) is 11.6 Å². The van der Waals surface area contributed by atoms with Crippen LogP contribution in [0, 0.1) is 10.1 Å². The molecule has 30 heavy (non-hydrogen) atoms. The zero-order valence-corrected chi connectivity index (χ0v) is 16.1. The minimum absolute atomic E-state index is 0.0509. The van der Waals surface area contributed by atoms with Crippen LogP contribution >= 0.6 is 0 Å². The first kappa shape index (κ1) is 19.4. The highest BCUT2D eigenvalue weighted by Gasteiger charge is 2.20. The van der Waals surface area contributed by atoms with Crippen LogP contribution in [0.5, 0.6) is 11.5 Å². The van der Waals surface area contributed by atoms with Gasteiger partial charge in [0.1, 0.15) is 13.2 Å². The van der Waals surface area contributed by atoms with Crippen LogP contribution in [0.15, 0.2) is 72.8 Å². The third kappa shape index (κ3) is 4.25. The van der Waals surface area contributed by atoms with E-state index in [1.807, 2.05) is 48.5 Å². The van der Waals surface area contributed by atoms with Crippen LogP contribution in [-0.2, 0) is 0 Å². The van der Waals surface area contributed by atoms with Crippen molar-refractivity contribution < 1.29 is 19.2 Å². The number of amides is 1. The lowest BCUT2D eigenvalue weighted by Crippen LogP contribution is -2.29. The lowest BCUT2D eigenvalue weighted by atomic mass is 9.90. The van der Waals surface area contributed by atoms with Gasteiger partial charge in [-0.15, -0.1) is 0 Å². The van der Waals surface area contributed by atoms with E-state index in [1.54, 1.807) is 0 Å². The fraction of sp³-hybridized carbons (Fsp3) is 0.174. The van der Waals surface area contributed by atoms with E-state index in [4.69, 9.17) is 9.47 Å². The van der Waals surface area contributed by atoms with E-state index in [0.717, 1.165) is 11.1 Å². The summed E-state index contributed by atoms with van der Waals surface area (Å²) in [6.07, 6.45) is 0. The molecule has 0 fully saturated rings. The van der Waals surface area contributed by atoms with Gasteiger partial charge in [-0.3, -0.25) is 14.9 Å². The molecule has 1 N–H and O–H groups in total. The van der Waals surface area contributed by atoms with Crippen LogP contribution < -0.4 is 14.8 Å². The van der Waals surface area contributed by atoms with Gasteiger partial charge < -0.3 is 14.8 Å². The molecule has 7 nitrogen and oxygen atoms in total. The molecule has 0 spiro atoms. The number of non-ortho nitro benzene ring substituents is 1. The first-order chi connectivity index (χ1) is 14.6. The third-order valence-electron chi connectivity index (χ3n) is 4.98. The summed E-state index contributed by atoms with van der Waals surface area (Å²) < 4.78 is 11.3. The number of fused-ring (bicyclic) bond motifs is 1. The monoisotopic (exact) mass is 404 g/mol. The molecule has 1 amide bonds. The molecule has 1 unspecified atom stereocenters. The molecule has 0 radical (unpaired) electrons. The van der Waals surface area contributed by atoms with Gasteiger partial charge in [0.05, 0.1) is 4.92 Å². The highest BCUT2D eigenvalue weighted by Crippen LogP contribution is 2.35. The number of nitro groups is 1. The number of ether oxygens (including phenoxy) is 2. The average Bonchev–Trinajstić information content (AvgIpc) is 2.79. The summed E-state index contributed by atoms with van der Waals surface area (Å²) in [7, 11) is 0. The Morgan fingerprint density at radius 3 is 2.33 bits per heavy atom. The number of carbonyl (C=O) groups excluding carboxylic acids is 1. The van der Waals surface area contributed by atoms with Gasteiger partial charge >= 0.3 is 0 Å². The lowest BCUT2D eigenvalue weighted by Gasteiger charge is -2.23. The van der Waals surface area contributed by atoms with Crippen molar-refractivity contribution in [1.82, 2.24) is 5.32 Å². The maximum Gasteiger partial charge on any atom is 0.269 e. The molecule has 0 aliphatic carbocycles. The fourth-order valence-corrected chi connectivity index (χ4v) is 3.42. The predicted molar refractivity (Wildman–Crippen MR) is 111 cm³/mol. The van der Waals surface area contributed by atoms with Crippen LogP contribution in [0.3, 0.4) is 0 Å². The summed E-state index contributed by atoms with van der Waals surface area (Å²) in [5.41, 5.74) is 2.37. The van der Waals surface area contributed by atoms with Gasteiger partial charge in [-0.05, 0) is 35.4 Å². The molecule has 0 saturated carbocycles. The SMILES string of the molecule is O=C(NCC(c1ccccc1)c1ccc2c(c1)OCCO2)c1ccc([N+](=O)[O-])cc1. The standard InChI is InChI=1S/C23H20N2O5/c26-23(17-6-9-19(10-7-17)25(27)28)24-15-20(16-4-2-1-3-5-16)18-8-11-21-22(14-18)30-13-12-29-21/h1-11,14,20H,12-13,15H2,(H,24,26). The van der Waals surface area contributed by atoms with Crippen molar-refractivity contribution in [2.24, 2.45) is 0 Å². The molecule has 1 heterocycles. The molecule has 0 aromatic heterocycles. The molecule has 1 atom stereocenters. The number of nitrogens with zero attached hydrogens (tertiary/aromatic N) is 1. The van der Waals surface area contributed by atoms with Crippen LogP contribution in [0.4, 0.5) is 5.69 Å². The Hall–Kier alpha value is -3.87. The summed E-state index contributed by atoms with van der Waals surface area (Å²) in [6.45, 7) is 1.39. The number of hydrogen-bond donors (Lipinski definition) is 1. The van der Waals surface area contributed by atoms with E-state index in [-0.39, 0.29) is 17.5 Å². The highest BCUT2D eigenvalue weighted by molar-refractivity contribution is 5.94. The Labute approximate surface area is 173 Å². The number of benzene rings is 3. The van der Waals surface area contributed by atoms with Gasteiger partial charge in [0.15, 0.2) is 11.5 Å². The lowest BCUT2D eigenvalue weighted by molar-refractivity contribution is -0.384. The second kappa shape index (κ2) is 8.65. The normalized spacial score (nSPS) is 13.3. The van der Waals surface area contributed by atoms with E-state index >= 15 is 0 Å². The Kier molecular flexibility index (Phi) is 5.61. The Balaban J connectivity index is 1.55. The smallest absolute Gasteiger partial charge is 0.269 e. The predicted octanol–water partition coefficient (Wildman–Crippen LogP) is 3.93. The molecule has 1 aliphatic rings. The Bertz CT molecular complexity index is 1050. The minimum Gasteiger partial charge on any atom is -0.486 e. The van der Waals surface area contributed by atoms with Gasteiger partial charge in [0.2, 0.25) is 0 Å². The molecular weight excluding hydrogens is 384 g/mol. The van der Waals surface area contributed by atoms with E-state index in [2.05, 4.69) is 5.32 Å². The number of rotatable bonds is 6. The van der Waals surface area contributed by atoms with Crippen molar-refractivity contribution in [1.29, 1.82) is 0 Å². The van der Waals surface area contributed by atoms with E-state index in [9.17, 15) is 14.9 Å². The van der Waals surface area contributed by atoms with Gasteiger partial charge in [-0.25, -0.2) is 0 Å². The van der Waals surface area contributed by atoms with Crippen LogP contribution in [0.25, 0.3) is 0 Å². The molecular formula is C23H20N2O5. The van der Waals surface area contributed by atoms with Crippen molar-refractivity contribution in [3.05, 3.63) is 99.6 Å². The summed E-state index contributed by atoms with van der Waals surface area (Å²) in [6, 6.07) is 21.3. The zero-order chi connectivity index (χ0) is 20.9. The first-order valence-corrected chi connectivity index (χ1v) is 9.59. The van der Waals surface area contributed by atoms with Crippen LogP contribution in [-0.4, -0.2) is 30.6 Å². The van der Waals surface area contributed by atoms with Crippen molar-refractivity contribution >= 4 is 11.6 Å². The van der Waals surface area contributed by atoms with E-state index in [0.29, 0.717) is 36.8 Å². The minimum atomic E-state index is -0.491. The van der Waals surface area contributed by atoms with Gasteiger partial charge in [-0.2, -0.15) is 0 Å². The number of nitro benzene ring substituents is 1. The molecule has 3 aromatic rings. The van der Waals surface area contributed by atoms with Crippen LogP contribution in [0.1, 0.15) is 27.4 Å². The van der Waals surface area contributed by atoms with Crippen molar-refractivity contribution in [2.75, 3.05) is 19.8 Å². The second-order valence-corrected chi connectivity index (χ2v) is 6.88. The summed E-state index contributed by atoms with van der Waals surface area (Å²) in [5.74, 6) is 1.03. The van der Waals surface area contributed by atoms with Gasteiger partial charge in [-0.1, -0.05) is 36.4 Å². The number of carbonyl (C=O) groups is 1. The molecule has 4 rings (SSSR count). The van der Waals surface area contributed by atoms with Crippen molar-refractivity contribution in [3.8, 4) is 11.5 Å². The Morgan fingerprint density at radius 1 is 0.933 bits per heavy atom. The summed E-state index contributed by atoms with van der Waals surface area (Å²) >= 11 is 0. The Morgan fingerprint density at radius 2 is 1.63 bits per heavy atom. The van der Waals surface area contributed by atoms with Crippen molar-refractivity contribution in [2.45, 2.75) is 5.92 Å². The first-order valence-electron chi connectivity index (χ1n) is 9.59. The highest BCUT2D eigenvalue weighted by atomic mass is 16.6.